The number of allylic oxidation sites excluding steroid dienone is 8. The molecule has 0 aliphatic heterocycles. The fourth-order valence-electron chi connectivity index (χ4n) is 8.72. The van der Waals surface area contributed by atoms with Gasteiger partial charge in [-0.1, -0.05) is 268 Å². The number of hydrogen-bond donors (Lipinski definition) is 1. The first-order valence-corrected chi connectivity index (χ1v) is 31.9. The maximum absolute atomic E-state index is 12.8. The van der Waals surface area contributed by atoms with Crippen molar-refractivity contribution in [3.8, 4) is 0 Å². The molecule has 0 bridgehead atoms. The van der Waals surface area contributed by atoms with Crippen molar-refractivity contribution in [1.29, 1.82) is 0 Å². The molecule has 2 atom stereocenters. The van der Waals surface area contributed by atoms with Crippen molar-refractivity contribution in [2.45, 2.75) is 290 Å². The Bertz CT molecular complexity index is 1360. The molecule has 0 fully saturated rings. The van der Waals surface area contributed by atoms with Crippen molar-refractivity contribution < 1.29 is 42.1 Å². The number of ether oxygens (including phenoxy) is 2. The number of nitrogens with zero attached hydrogens (tertiary/aromatic N) is 1. The third kappa shape index (κ3) is 57.3. The van der Waals surface area contributed by atoms with E-state index in [2.05, 4.69) is 62.5 Å². The molecular formula is C62H117NO8P+. The molecule has 1 N–H and O–H groups in total. The second kappa shape index (κ2) is 53.8. The topological polar surface area (TPSA) is 108 Å². The normalized spacial score (nSPS) is 13.6. The molecule has 2 unspecified atom stereocenters. The van der Waals surface area contributed by atoms with Crippen LogP contribution in [0.5, 0.6) is 0 Å². The van der Waals surface area contributed by atoms with E-state index >= 15 is 0 Å². The van der Waals surface area contributed by atoms with Crippen LogP contribution in [-0.4, -0.2) is 74.9 Å². The van der Waals surface area contributed by atoms with Gasteiger partial charge in [-0.05, 0) is 51.4 Å². The second-order valence-corrected chi connectivity index (χ2v) is 23.2. The summed E-state index contributed by atoms with van der Waals surface area (Å²) in [6.07, 6.45) is 67.8. The monoisotopic (exact) mass is 1030 g/mol. The highest BCUT2D eigenvalue weighted by molar-refractivity contribution is 7.47. The lowest BCUT2D eigenvalue weighted by Crippen LogP contribution is -2.37. The van der Waals surface area contributed by atoms with E-state index in [0.717, 1.165) is 70.6 Å². The van der Waals surface area contributed by atoms with Crippen LogP contribution in [0.3, 0.4) is 0 Å². The van der Waals surface area contributed by atoms with Gasteiger partial charge in [-0.25, -0.2) is 4.57 Å². The number of likely N-dealkylation sites (N-methyl/N-ethyl adjacent to an activating group) is 1. The lowest BCUT2D eigenvalue weighted by Gasteiger charge is -2.24. The minimum absolute atomic E-state index is 0.0265. The molecule has 0 rings (SSSR count). The highest BCUT2D eigenvalue weighted by Crippen LogP contribution is 2.43. The van der Waals surface area contributed by atoms with Gasteiger partial charge in [0.05, 0.1) is 27.7 Å². The van der Waals surface area contributed by atoms with E-state index in [4.69, 9.17) is 18.5 Å². The molecule has 72 heavy (non-hydrogen) atoms. The van der Waals surface area contributed by atoms with Crippen LogP contribution in [-0.2, 0) is 32.7 Å². The van der Waals surface area contributed by atoms with Crippen LogP contribution < -0.4 is 0 Å². The molecule has 0 aromatic carbocycles. The van der Waals surface area contributed by atoms with Crippen molar-refractivity contribution in [2.75, 3.05) is 47.5 Å². The van der Waals surface area contributed by atoms with Gasteiger partial charge in [-0.3, -0.25) is 18.6 Å². The van der Waals surface area contributed by atoms with Gasteiger partial charge in [-0.15, -0.1) is 0 Å². The summed E-state index contributed by atoms with van der Waals surface area (Å²) in [7, 11) is 1.47. The van der Waals surface area contributed by atoms with Crippen molar-refractivity contribution in [3.05, 3.63) is 48.6 Å². The molecule has 0 amide bonds. The van der Waals surface area contributed by atoms with E-state index in [-0.39, 0.29) is 32.0 Å². The largest absolute Gasteiger partial charge is 0.472 e. The number of unbranched alkanes of at least 4 members (excludes halogenated alkanes) is 34. The summed E-state index contributed by atoms with van der Waals surface area (Å²) in [5.41, 5.74) is 0. The quantitative estimate of drug-likeness (QED) is 0.0211. The molecule has 0 aliphatic rings. The van der Waals surface area contributed by atoms with E-state index in [9.17, 15) is 19.0 Å². The number of rotatable bonds is 56. The molecule has 0 aromatic rings. The van der Waals surface area contributed by atoms with Gasteiger partial charge >= 0.3 is 19.8 Å². The smallest absolute Gasteiger partial charge is 0.462 e. The standard InChI is InChI=1S/C62H116NO8P/c1-6-8-10-12-14-16-18-20-22-24-25-26-27-28-29-30-31-32-33-34-35-36-37-39-40-42-44-46-48-50-52-54-61(64)68-58-60(59-70-72(66,67)69-57-56-63(3,4)5)71-62(65)55-53-51-49-47-45-43-41-38-23-21-19-17-15-13-11-9-7-2/h9,11,15,17,21,23,41,43,60H,6-8,10,12-14,16,18-20,22,24-40,42,44-59H2,1-5H3/p+1/b11-9-,17-15-,23-21-,43-41-. The van der Waals surface area contributed by atoms with Crippen LogP contribution in [0.1, 0.15) is 284 Å². The first-order valence-electron chi connectivity index (χ1n) is 30.4. The average molecular weight is 1040 g/mol. The molecule has 0 radical (unpaired) electrons. The van der Waals surface area contributed by atoms with Crippen LogP contribution in [0.25, 0.3) is 0 Å². The number of carbonyl (C=O) groups is 2. The fraction of sp³-hybridized carbons (Fsp3) is 0.839. The second-order valence-electron chi connectivity index (χ2n) is 21.7. The Morgan fingerprint density at radius 3 is 1.18 bits per heavy atom. The molecular weight excluding hydrogens is 918 g/mol. The van der Waals surface area contributed by atoms with Crippen LogP contribution in [0.2, 0.25) is 0 Å². The molecule has 10 heteroatoms. The summed E-state index contributed by atoms with van der Waals surface area (Å²) in [6.45, 7) is 4.33. The zero-order valence-electron chi connectivity index (χ0n) is 47.9. The minimum Gasteiger partial charge on any atom is -0.462 e. The fourth-order valence-corrected chi connectivity index (χ4v) is 9.46. The number of carbonyl (C=O) groups excluding carboxylic acids is 2. The maximum atomic E-state index is 12.8. The van der Waals surface area contributed by atoms with Crippen LogP contribution >= 0.6 is 7.82 Å². The SMILES string of the molecule is CC/C=C\C/C=C\C/C=C\C/C=C\CCCCCCC(=O)OC(COC(=O)CCCCCCCCCCCCCCCCCCCCCCCCCCCCCCCCC)COP(=O)(O)OCC[N+](C)(C)C. The Hall–Kier alpha value is -2.03. The molecule has 0 aromatic heterocycles. The van der Waals surface area contributed by atoms with Crippen LogP contribution in [0.15, 0.2) is 48.6 Å². The first-order chi connectivity index (χ1) is 35.0. The highest BCUT2D eigenvalue weighted by Gasteiger charge is 2.27. The Kier molecular flexibility index (Phi) is 52.3. The number of quaternary nitrogens is 1. The highest BCUT2D eigenvalue weighted by atomic mass is 31.2. The number of phosphoric acid groups is 1. The zero-order valence-corrected chi connectivity index (χ0v) is 48.8. The lowest BCUT2D eigenvalue weighted by atomic mass is 10.0. The number of phosphoric ester groups is 1. The summed E-state index contributed by atoms with van der Waals surface area (Å²) in [6, 6.07) is 0. The van der Waals surface area contributed by atoms with Crippen LogP contribution in [0, 0.1) is 0 Å². The summed E-state index contributed by atoms with van der Waals surface area (Å²) < 4.78 is 34.5. The van der Waals surface area contributed by atoms with Gasteiger partial charge < -0.3 is 18.9 Å². The molecule has 0 heterocycles. The first kappa shape index (κ1) is 70.0. The van der Waals surface area contributed by atoms with Gasteiger partial charge in [0.25, 0.3) is 0 Å². The molecule has 0 saturated carbocycles. The Labute approximate surface area is 445 Å². The third-order valence-electron chi connectivity index (χ3n) is 13.4. The van der Waals surface area contributed by atoms with E-state index in [1.54, 1.807) is 0 Å². The summed E-state index contributed by atoms with van der Waals surface area (Å²) in [4.78, 5) is 35.7. The Morgan fingerprint density at radius 2 is 0.792 bits per heavy atom. The lowest BCUT2D eigenvalue weighted by molar-refractivity contribution is -0.870. The third-order valence-corrected chi connectivity index (χ3v) is 14.4. The van der Waals surface area contributed by atoms with E-state index in [1.807, 2.05) is 21.1 Å². The van der Waals surface area contributed by atoms with Crippen molar-refractivity contribution in [2.24, 2.45) is 0 Å². The predicted octanol–water partition coefficient (Wildman–Crippen LogP) is 18.9. The predicted molar refractivity (Wildman–Crippen MR) is 307 cm³/mol. The van der Waals surface area contributed by atoms with Crippen molar-refractivity contribution in [3.63, 3.8) is 0 Å². The Balaban J connectivity index is 4.03. The number of esters is 2. The molecule has 0 saturated heterocycles. The summed E-state index contributed by atoms with van der Waals surface area (Å²) >= 11 is 0. The van der Waals surface area contributed by atoms with Gasteiger partial charge in [0.1, 0.15) is 19.8 Å². The van der Waals surface area contributed by atoms with Gasteiger partial charge in [0, 0.05) is 12.8 Å². The van der Waals surface area contributed by atoms with Gasteiger partial charge in [0.15, 0.2) is 6.10 Å². The molecule has 422 valence electrons. The minimum atomic E-state index is -4.39. The summed E-state index contributed by atoms with van der Waals surface area (Å²) in [5, 5.41) is 0. The zero-order chi connectivity index (χ0) is 52.7. The van der Waals surface area contributed by atoms with E-state index < -0.39 is 26.5 Å². The van der Waals surface area contributed by atoms with Gasteiger partial charge in [0.2, 0.25) is 0 Å². The van der Waals surface area contributed by atoms with Crippen molar-refractivity contribution >= 4 is 19.8 Å². The van der Waals surface area contributed by atoms with Crippen LogP contribution in [0.4, 0.5) is 0 Å². The molecule has 9 nitrogen and oxygen atoms in total. The van der Waals surface area contributed by atoms with Crippen molar-refractivity contribution in [1.82, 2.24) is 0 Å². The van der Waals surface area contributed by atoms with E-state index in [0.29, 0.717) is 17.4 Å². The number of hydrogen-bond acceptors (Lipinski definition) is 7. The van der Waals surface area contributed by atoms with Gasteiger partial charge in [-0.2, -0.15) is 0 Å². The Morgan fingerprint density at radius 1 is 0.444 bits per heavy atom. The molecule has 0 spiro atoms. The average Bonchev–Trinajstić information content (AvgIpc) is 3.34. The molecule has 0 aliphatic carbocycles. The summed E-state index contributed by atoms with van der Waals surface area (Å²) in [5.74, 6) is -0.815. The maximum Gasteiger partial charge on any atom is 0.472 e. The van der Waals surface area contributed by atoms with E-state index in [1.165, 1.54) is 180 Å².